The third-order valence-corrected chi connectivity index (χ3v) is 4.09. The summed E-state index contributed by atoms with van der Waals surface area (Å²) in [4.78, 5) is 0. The highest BCUT2D eigenvalue weighted by molar-refractivity contribution is 5.62. The first-order chi connectivity index (χ1) is 13.8. The van der Waals surface area contributed by atoms with Crippen molar-refractivity contribution in [3.05, 3.63) is 84.8 Å². The van der Waals surface area contributed by atoms with Crippen LogP contribution in [0.25, 0.3) is 11.5 Å². The van der Waals surface area contributed by atoms with Crippen LogP contribution in [-0.2, 0) is 6.54 Å². The van der Waals surface area contributed by atoms with Gasteiger partial charge in [-0.05, 0) is 36.4 Å². The quantitative estimate of drug-likeness (QED) is 0.483. The second-order valence-corrected chi connectivity index (χ2v) is 5.97. The molecule has 0 unspecified atom stereocenters. The third kappa shape index (κ3) is 3.96. The van der Waals surface area contributed by atoms with Crippen molar-refractivity contribution in [3.63, 3.8) is 0 Å². The van der Waals surface area contributed by atoms with E-state index in [-0.39, 0.29) is 0 Å². The van der Waals surface area contributed by atoms with Gasteiger partial charge >= 0.3 is 0 Å². The molecule has 1 heterocycles. The first kappa shape index (κ1) is 17.6. The Balaban J connectivity index is 1.48. The molecule has 6 heteroatoms. The van der Waals surface area contributed by atoms with Gasteiger partial charge in [-0.1, -0.05) is 42.5 Å². The van der Waals surface area contributed by atoms with E-state index < -0.39 is 0 Å². The van der Waals surface area contributed by atoms with Crippen LogP contribution in [0.1, 0.15) is 5.89 Å². The zero-order valence-corrected chi connectivity index (χ0v) is 15.3. The molecule has 0 aliphatic heterocycles. The van der Waals surface area contributed by atoms with Gasteiger partial charge in [0.15, 0.2) is 5.75 Å². The van der Waals surface area contributed by atoms with Crippen molar-refractivity contribution >= 4 is 5.69 Å². The number of rotatable bonds is 7. The summed E-state index contributed by atoms with van der Waals surface area (Å²) in [7, 11) is 1.61. The Hall–Kier alpha value is -3.80. The number of hydrogen-bond acceptors (Lipinski definition) is 6. The number of methoxy groups -OCH3 is 1. The summed E-state index contributed by atoms with van der Waals surface area (Å²) < 4.78 is 17.1. The Labute approximate surface area is 162 Å². The predicted octanol–water partition coefficient (Wildman–Crippen LogP) is 5.15. The highest BCUT2D eigenvalue weighted by atomic mass is 16.5. The third-order valence-electron chi connectivity index (χ3n) is 4.09. The van der Waals surface area contributed by atoms with Crippen molar-refractivity contribution in [1.82, 2.24) is 10.2 Å². The first-order valence-corrected chi connectivity index (χ1v) is 8.85. The summed E-state index contributed by atoms with van der Waals surface area (Å²) in [5, 5.41) is 11.5. The average molecular weight is 373 g/mol. The molecule has 1 aromatic heterocycles. The molecule has 140 valence electrons. The number of benzene rings is 3. The molecule has 0 amide bonds. The van der Waals surface area contributed by atoms with E-state index in [1.165, 1.54) is 0 Å². The van der Waals surface area contributed by atoms with Gasteiger partial charge in [0.05, 0.1) is 24.9 Å². The standard InChI is InChI=1S/C22H19N3O3/c1-26-19-13-7-5-11-17(19)22-25-24-21(28-22)15-23-18-12-6-8-14-20(18)27-16-9-3-2-4-10-16/h2-14,23H,15H2,1H3. The van der Waals surface area contributed by atoms with Crippen LogP contribution in [0.2, 0.25) is 0 Å². The summed E-state index contributed by atoms with van der Waals surface area (Å²) in [6, 6.07) is 24.9. The molecule has 0 radical (unpaired) electrons. The van der Waals surface area contributed by atoms with Gasteiger partial charge in [0, 0.05) is 0 Å². The number of ether oxygens (including phenoxy) is 2. The number of nitrogens with one attached hydrogen (secondary N) is 1. The summed E-state index contributed by atoms with van der Waals surface area (Å²) in [6.45, 7) is 0.372. The normalized spacial score (nSPS) is 10.5. The largest absolute Gasteiger partial charge is 0.496 e. The number of para-hydroxylation sites is 4. The van der Waals surface area contributed by atoms with Gasteiger partial charge in [0.1, 0.15) is 11.5 Å². The van der Waals surface area contributed by atoms with Gasteiger partial charge in [-0.3, -0.25) is 0 Å². The van der Waals surface area contributed by atoms with E-state index in [2.05, 4.69) is 15.5 Å². The highest BCUT2D eigenvalue weighted by Gasteiger charge is 2.13. The van der Waals surface area contributed by atoms with E-state index in [0.717, 1.165) is 22.7 Å². The minimum atomic E-state index is 0.372. The Kier molecular flexibility index (Phi) is 5.20. The van der Waals surface area contributed by atoms with Crippen LogP contribution < -0.4 is 14.8 Å². The molecule has 28 heavy (non-hydrogen) atoms. The Morgan fingerprint density at radius 2 is 1.54 bits per heavy atom. The summed E-state index contributed by atoms with van der Waals surface area (Å²) in [5.41, 5.74) is 1.60. The van der Waals surface area contributed by atoms with E-state index in [1.807, 2.05) is 78.9 Å². The van der Waals surface area contributed by atoms with Gasteiger partial charge in [0.25, 0.3) is 5.89 Å². The van der Waals surface area contributed by atoms with Crippen LogP contribution in [0.15, 0.2) is 83.3 Å². The number of aromatic nitrogens is 2. The first-order valence-electron chi connectivity index (χ1n) is 8.85. The van der Waals surface area contributed by atoms with E-state index in [4.69, 9.17) is 13.9 Å². The molecule has 3 aromatic carbocycles. The molecule has 0 saturated carbocycles. The molecule has 1 N–H and O–H groups in total. The zero-order chi connectivity index (χ0) is 19.2. The van der Waals surface area contributed by atoms with E-state index >= 15 is 0 Å². The number of anilines is 1. The Morgan fingerprint density at radius 3 is 2.36 bits per heavy atom. The molecule has 6 nitrogen and oxygen atoms in total. The van der Waals surface area contributed by atoms with Crippen LogP contribution in [0, 0.1) is 0 Å². The van der Waals surface area contributed by atoms with Crippen molar-refractivity contribution in [2.75, 3.05) is 12.4 Å². The smallest absolute Gasteiger partial charge is 0.251 e. The topological polar surface area (TPSA) is 69.4 Å². The lowest BCUT2D eigenvalue weighted by Gasteiger charge is -2.11. The van der Waals surface area contributed by atoms with Gasteiger partial charge in [-0.25, -0.2) is 0 Å². The van der Waals surface area contributed by atoms with E-state index in [0.29, 0.717) is 24.1 Å². The zero-order valence-electron chi connectivity index (χ0n) is 15.3. The van der Waals surface area contributed by atoms with Crippen LogP contribution in [-0.4, -0.2) is 17.3 Å². The van der Waals surface area contributed by atoms with Crippen molar-refractivity contribution < 1.29 is 13.9 Å². The molecule has 0 saturated heterocycles. The Morgan fingerprint density at radius 1 is 0.821 bits per heavy atom. The molecule has 0 spiro atoms. The maximum atomic E-state index is 5.96. The van der Waals surface area contributed by atoms with E-state index in [1.54, 1.807) is 7.11 Å². The second kappa shape index (κ2) is 8.26. The number of nitrogens with zero attached hydrogens (tertiary/aromatic N) is 2. The van der Waals surface area contributed by atoms with Crippen LogP contribution >= 0.6 is 0 Å². The molecule has 0 aliphatic carbocycles. The highest BCUT2D eigenvalue weighted by Crippen LogP contribution is 2.30. The fourth-order valence-corrected chi connectivity index (χ4v) is 2.74. The summed E-state index contributed by atoms with van der Waals surface area (Å²) in [6.07, 6.45) is 0. The van der Waals surface area contributed by atoms with Crippen molar-refractivity contribution in [2.24, 2.45) is 0 Å². The maximum Gasteiger partial charge on any atom is 0.251 e. The average Bonchev–Trinajstić information content (AvgIpc) is 3.23. The monoisotopic (exact) mass is 373 g/mol. The molecule has 0 atom stereocenters. The van der Waals surface area contributed by atoms with Gasteiger partial charge < -0.3 is 19.2 Å². The second-order valence-electron chi connectivity index (χ2n) is 5.97. The maximum absolute atomic E-state index is 5.96. The molecule has 4 aromatic rings. The molecular weight excluding hydrogens is 354 g/mol. The summed E-state index contributed by atoms with van der Waals surface area (Å²) in [5.74, 6) is 3.07. The van der Waals surface area contributed by atoms with Gasteiger partial charge in [-0.15, -0.1) is 10.2 Å². The predicted molar refractivity (Wildman–Crippen MR) is 107 cm³/mol. The minimum Gasteiger partial charge on any atom is -0.496 e. The van der Waals surface area contributed by atoms with Crippen LogP contribution in [0.3, 0.4) is 0 Å². The Bertz CT molecular complexity index is 1050. The fourth-order valence-electron chi connectivity index (χ4n) is 2.74. The lowest BCUT2D eigenvalue weighted by molar-refractivity contribution is 0.413. The summed E-state index contributed by atoms with van der Waals surface area (Å²) >= 11 is 0. The van der Waals surface area contributed by atoms with Crippen LogP contribution in [0.4, 0.5) is 5.69 Å². The molecule has 4 rings (SSSR count). The lowest BCUT2D eigenvalue weighted by atomic mass is 10.2. The minimum absolute atomic E-state index is 0.372. The van der Waals surface area contributed by atoms with Gasteiger partial charge in [-0.2, -0.15) is 0 Å². The SMILES string of the molecule is COc1ccccc1-c1nnc(CNc2ccccc2Oc2ccccc2)o1. The lowest BCUT2D eigenvalue weighted by Crippen LogP contribution is -2.01. The fraction of sp³-hybridized carbons (Fsp3) is 0.0909. The van der Waals surface area contributed by atoms with Crippen molar-refractivity contribution in [2.45, 2.75) is 6.54 Å². The molecule has 0 bridgehead atoms. The number of hydrogen-bond donors (Lipinski definition) is 1. The van der Waals surface area contributed by atoms with Gasteiger partial charge in [0.2, 0.25) is 5.89 Å². The van der Waals surface area contributed by atoms with Crippen molar-refractivity contribution in [3.8, 4) is 28.7 Å². The van der Waals surface area contributed by atoms with E-state index in [9.17, 15) is 0 Å². The molecule has 0 fully saturated rings. The van der Waals surface area contributed by atoms with Crippen LogP contribution in [0.5, 0.6) is 17.2 Å². The van der Waals surface area contributed by atoms with Crippen molar-refractivity contribution in [1.29, 1.82) is 0 Å². The molecular formula is C22H19N3O3. The molecule has 0 aliphatic rings.